The molecule has 146 valence electrons. The van der Waals surface area contributed by atoms with E-state index in [1.54, 1.807) is 0 Å². The zero-order chi connectivity index (χ0) is 19.6. The summed E-state index contributed by atoms with van der Waals surface area (Å²) in [6, 6.07) is 20.5. The van der Waals surface area contributed by atoms with Gasteiger partial charge in [-0.1, -0.05) is 60.3 Å². The first-order valence-corrected chi connectivity index (χ1v) is 11.2. The SMILES string of the molecule is Cc1nnc(SCC(=O)NCCCSc2ccccc2)n1Cc1ccccc1. The predicted molar refractivity (Wildman–Crippen MR) is 116 cm³/mol. The van der Waals surface area contributed by atoms with Crippen LogP contribution in [0.15, 0.2) is 70.7 Å². The second-order valence-corrected chi connectivity index (χ2v) is 8.37. The van der Waals surface area contributed by atoms with Crippen LogP contribution in [0.3, 0.4) is 0 Å². The van der Waals surface area contributed by atoms with E-state index in [-0.39, 0.29) is 5.91 Å². The third kappa shape index (κ3) is 6.42. The number of hydrogen-bond donors (Lipinski definition) is 1. The summed E-state index contributed by atoms with van der Waals surface area (Å²) in [5, 5.41) is 12.1. The summed E-state index contributed by atoms with van der Waals surface area (Å²) in [6.07, 6.45) is 0.944. The fraction of sp³-hybridized carbons (Fsp3) is 0.286. The van der Waals surface area contributed by atoms with Crippen molar-refractivity contribution in [1.29, 1.82) is 0 Å². The maximum atomic E-state index is 12.1. The molecule has 0 atom stereocenters. The monoisotopic (exact) mass is 412 g/mol. The van der Waals surface area contributed by atoms with Crippen LogP contribution in [0, 0.1) is 6.92 Å². The van der Waals surface area contributed by atoms with Gasteiger partial charge >= 0.3 is 0 Å². The summed E-state index contributed by atoms with van der Waals surface area (Å²) in [5.74, 6) is 2.21. The van der Waals surface area contributed by atoms with Gasteiger partial charge in [-0.15, -0.1) is 22.0 Å². The number of nitrogens with one attached hydrogen (secondary N) is 1. The Balaban J connectivity index is 1.39. The van der Waals surface area contributed by atoms with Crippen molar-refractivity contribution in [2.24, 2.45) is 0 Å². The Bertz CT molecular complexity index is 869. The highest BCUT2D eigenvalue weighted by Crippen LogP contribution is 2.19. The number of hydrogen-bond acceptors (Lipinski definition) is 5. The first kappa shape index (κ1) is 20.5. The summed E-state index contributed by atoms with van der Waals surface area (Å²) in [6.45, 7) is 3.33. The maximum Gasteiger partial charge on any atom is 0.230 e. The lowest BCUT2D eigenvalue weighted by atomic mass is 10.2. The molecule has 7 heteroatoms. The Hall–Kier alpha value is -2.25. The molecular weight excluding hydrogens is 388 g/mol. The molecule has 1 amide bonds. The molecule has 1 N–H and O–H groups in total. The van der Waals surface area contributed by atoms with Crippen LogP contribution in [0.5, 0.6) is 0 Å². The van der Waals surface area contributed by atoms with Gasteiger partial charge in [-0.25, -0.2) is 0 Å². The van der Waals surface area contributed by atoms with E-state index in [0.717, 1.165) is 23.2 Å². The van der Waals surface area contributed by atoms with Gasteiger partial charge in [-0.05, 0) is 36.8 Å². The van der Waals surface area contributed by atoms with Gasteiger partial charge in [-0.3, -0.25) is 4.79 Å². The molecule has 1 heterocycles. The van der Waals surface area contributed by atoms with Crippen molar-refractivity contribution in [2.75, 3.05) is 18.1 Å². The number of rotatable bonds is 10. The van der Waals surface area contributed by atoms with Gasteiger partial charge in [0.15, 0.2) is 5.16 Å². The normalized spacial score (nSPS) is 10.8. The van der Waals surface area contributed by atoms with Crippen LogP contribution in [0.1, 0.15) is 17.8 Å². The first-order valence-electron chi connectivity index (χ1n) is 9.23. The zero-order valence-corrected chi connectivity index (χ0v) is 17.5. The lowest BCUT2D eigenvalue weighted by Gasteiger charge is -2.09. The van der Waals surface area contributed by atoms with Crippen LogP contribution in [0.25, 0.3) is 0 Å². The molecule has 0 unspecified atom stereocenters. The fourth-order valence-corrected chi connectivity index (χ4v) is 4.29. The topological polar surface area (TPSA) is 59.8 Å². The number of aryl methyl sites for hydroxylation is 1. The van der Waals surface area contributed by atoms with Gasteiger partial charge in [-0.2, -0.15) is 0 Å². The summed E-state index contributed by atoms with van der Waals surface area (Å²) >= 11 is 3.24. The van der Waals surface area contributed by atoms with Crippen molar-refractivity contribution < 1.29 is 4.79 Å². The van der Waals surface area contributed by atoms with Gasteiger partial charge in [0.1, 0.15) is 5.82 Å². The Labute approximate surface area is 174 Å². The predicted octanol–water partition coefficient (Wildman–Crippen LogP) is 4.03. The second-order valence-electron chi connectivity index (χ2n) is 6.26. The summed E-state index contributed by atoms with van der Waals surface area (Å²) < 4.78 is 2.05. The first-order chi connectivity index (χ1) is 13.7. The smallest absolute Gasteiger partial charge is 0.230 e. The minimum atomic E-state index is 0.0293. The molecule has 0 saturated carbocycles. The molecule has 0 spiro atoms. The lowest BCUT2D eigenvalue weighted by molar-refractivity contribution is -0.118. The summed E-state index contributed by atoms with van der Waals surface area (Å²) in [5.41, 5.74) is 1.19. The Morgan fingerprint density at radius 2 is 1.71 bits per heavy atom. The molecule has 0 aliphatic rings. The van der Waals surface area contributed by atoms with Crippen molar-refractivity contribution in [3.05, 3.63) is 72.1 Å². The molecule has 0 bridgehead atoms. The van der Waals surface area contributed by atoms with Gasteiger partial charge < -0.3 is 9.88 Å². The average molecular weight is 413 g/mol. The quantitative estimate of drug-likeness (QED) is 0.402. The van der Waals surface area contributed by atoms with Crippen molar-refractivity contribution in [1.82, 2.24) is 20.1 Å². The third-order valence-electron chi connectivity index (χ3n) is 4.07. The van der Waals surface area contributed by atoms with E-state index in [1.165, 1.54) is 22.2 Å². The van der Waals surface area contributed by atoms with Crippen LogP contribution in [0.2, 0.25) is 0 Å². The number of carbonyl (C=O) groups is 1. The summed E-state index contributed by atoms with van der Waals surface area (Å²) in [7, 11) is 0. The second kappa shape index (κ2) is 10.9. The minimum absolute atomic E-state index is 0.0293. The number of benzene rings is 2. The Morgan fingerprint density at radius 3 is 2.46 bits per heavy atom. The van der Waals surface area contributed by atoms with Crippen molar-refractivity contribution >= 4 is 29.4 Å². The van der Waals surface area contributed by atoms with Gasteiger partial charge in [0, 0.05) is 11.4 Å². The average Bonchev–Trinajstić information content (AvgIpc) is 3.07. The molecule has 3 aromatic rings. The van der Waals surface area contributed by atoms with Gasteiger partial charge in [0.2, 0.25) is 5.91 Å². The molecule has 1 aromatic heterocycles. The van der Waals surface area contributed by atoms with Crippen LogP contribution in [0.4, 0.5) is 0 Å². The van der Waals surface area contributed by atoms with Gasteiger partial charge in [0.25, 0.3) is 0 Å². The molecular formula is C21H24N4OS2. The highest BCUT2D eigenvalue weighted by atomic mass is 32.2. The highest BCUT2D eigenvalue weighted by molar-refractivity contribution is 7.99. The number of thioether (sulfide) groups is 2. The van der Waals surface area contributed by atoms with Crippen LogP contribution < -0.4 is 5.32 Å². The molecule has 0 aliphatic carbocycles. The van der Waals surface area contributed by atoms with Crippen LogP contribution >= 0.6 is 23.5 Å². The Morgan fingerprint density at radius 1 is 1.00 bits per heavy atom. The van der Waals surface area contributed by atoms with E-state index in [2.05, 4.69) is 39.8 Å². The maximum absolute atomic E-state index is 12.1. The van der Waals surface area contributed by atoms with E-state index in [4.69, 9.17) is 0 Å². The Kier molecular flexibility index (Phi) is 7.99. The molecule has 28 heavy (non-hydrogen) atoms. The molecule has 2 aromatic carbocycles. The molecule has 5 nitrogen and oxygen atoms in total. The number of nitrogens with zero attached hydrogens (tertiary/aromatic N) is 3. The largest absolute Gasteiger partial charge is 0.355 e. The van der Waals surface area contributed by atoms with Gasteiger partial charge in [0.05, 0.1) is 12.3 Å². The third-order valence-corrected chi connectivity index (χ3v) is 6.14. The molecule has 0 aliphatic heterocycles. The zero-order valence-electron chi connectivity index (χ0n) is 15.9. The summed E-state index contributed by atoms with van der Waals surface area (Å²) in [4.78, 5) is 13.4. The standard InChI is InChI=1S/C21H24N4OS2/c1-17-23-24-21(25(17)15-18-9-4-2-5-10-18)28-16-20(26)22-13-8-14-27-19-11-6-3-7-12-19/h2-7,9-12H,8,13-16H2,1H3,(H,22,26). The van der Waals surface area contributed by atoms with E-state index in [9.17, 15) is 4.79 Å². The molecule has 0 fully saturated rings. The number of aromatic nitrogens is 3. The number of carbonyl (C=O) groups excluding carboxylic acids is 1. The molecule has 0 saturated heterocycles. The van der Waals surface area contributed by atoms with E-state index >= 15 is 0 Å². The van der Waals surface area contributed by atoms with E-state index < -0.39 is 0 Å². The molecule has 0 radical (unpaired) electrons. The van der Waals surface area contributed by atoms with E-state index in [0.29, 0.717) is 18.8 Å². The minimum Gasteiger partial charge on any atom is -0.355 e. The lowest BCUT2D eigenvalue weighted by Crippen LogP contribution is -2.26. The van der Waals surface area contributed by atoms with Crippen molar-refractivity contribution in [2.45, 2.75) is 29.9 Å². The van der Waals surface area contributed by atoms with Crippen LogP contribution in [-0.2, 0) is 11.3 Å². The number of amides is 1. The van der Waals surface area contributed by atoms with Crippen molar-refractivity contribution in [3.8, 4) is 0 Å². The fourth-order valence-electron chi connectivity index (χ4n) is 2.60. The van der Waals surface area contributed by atoms with Crippen LogP contribution in [-0.4, -0.2) is 38.7 Å². The van der Waals surface area contributed by atoms with Crippen molar-refractivity contribution in [3.63, 3.8) is 0 Å². The van der Waals surface area contributed by atoms with E-state index in [1.807, 2.05) is 59.7 Å². The molecule has 3 rings (SSSR count). The highest BCUT2D eigenvalue weighted by Gasteiger charge is 2.12.